The number of hydrogen-bond donors (Lipinski definition) is 0. The van der Waals surface area contributed by atoms with E-state index in [2.05, 4.69) is 13.8 Å². The Morgan fingerprint density at radius 2 is 1.00 bits per heavy atom. The van der Waals surface area contributed by atoms with Gasteiger partial charge in [0.05, 0.1) is 18.5 Å². The lowest BCUT2D eigenvalue weighted by atomic mass is 10.1. The van der Waals surface area contributed by atoms with Gasteiger partial charge >= 0.3 is 7.60 Å². The summed E-state index contributed by atoms with van der Waals surface area (Å²) < 4.78 is 24.8. The van der Waals surface area contributed by atoms with E-state index in [0.717, 1.165) is 32.1 Å². The second-order valence-corrected chi connectivity index (χ2v) is 9.77. The summed E-state index contributed by atoms with van der Waals surface area (Å²) in [6, 6.07) is 9.41. The lowest BCUT2D eigenvalue weighted by Crippen LogP contribution is -2.11. The van der Waals surface area contributed by atoms with Crippen LogP contribution in [0.15, 0.2) is 30.3 Å². The first-order chi connectivity index (χ1) is 13.7. The quantitative estimate of drug-likeness (QED) is 0.171. The third kappa shape index (κ3) is 12.0. The molecular weight excluding hydrogens is 367 g/mol. The molecule has 0 N–H and O–H groups in total. The third-order valence-corrected chi connectivity index (χ3v) is 7.07. The molecule has 0 aliphatic heterocycles. The van der Waals surface area contributed by atoms with E-state index >= 15 is 0 Å². The van der Waals surface area contributed by atoms with Gasteiger partial charge in [-0.2, -0.15) is 0 Å². The highest BCUT2D eigenvalue weighted by Gasteiger charge is 2.26. The number of benzene rings is 1. The zero-order valence-electron chi connectivity index (χ0n) is 18.4. The summed E-state index contributed by atoms with van der Waals surface area (Å²) in [6.45, 7) is 5.43. The van der Waals surface area contributed by atoms with Crippen LogP contribution in [0, 0.1) is 0 Å². The second-order valence-electron chi connectivity index (χ2n) is 7.74. The summed E-state index contributed by atoms with van der Waals surface area (Å²) in [5.74, 6) is 0. The highest BCUT2D eigenvalue weighted by molar-refractivity contribution is 7.62. The van der Waals surface area contributed by atoms with Crippen LogP contribution in [0.2, 0.25) is 0 Å². The Morgan fingerprint density at radius 3 is 1.50 bits per heavy atom. The lowest BCUT2D eigenvalue weighted by molar-refractivity contribution is 0.206. The van der Waals surface area contributed by atoms with E-state index in [1.165, 1.54) is 57.8 Å². The summed E-state index contributed by atoms with van der Waals surface area (Å²) in [5, 5.41) is 0.676. The first-order valence-electron chi connectivity index (χ1n) is 11.7. The minimum absolute atomic E-state index is 0.498. The van der Waals surface area contributed by atoms with Gasteiger partial charge in [-0.25, -0.2) is 0 Å². The molecule has 0 aromatic heterocycles. The number of hydrogen-bond acceptors (Lipinski definition) is 3. The normalized spacial score (nSPS) is 13.5. The van der Waals surface area contributed by atoms with Gasteiger partial charge in [0.2, 0.25) is 0 Å². The van der Waals surface area contributed by atoms with Crippen LogP contribution in [0.4, 0.5) is 0 Å². The van der Waals surface area contributed by atoms with Gasteiger partial charge in [-0.1, -0.05) is 109 Å². The molecule has 4 heteroatoms. The molecule has 0 saturated carbocycles. The molecule has 28 heavy (non-hydrogen) atoms. The van der Waals surface area contributed by atoms with Gasteiger partial charge in [0.25, 0.3) is 0 Å². The van der Waals surface area contributed by atoms with Crippen molar-refractivity contribution in [1.82, 2.24) is 0 Å². The molecule has 1 atom stereocenters. The Balaban J connectivity index is 2.18. The van der Waals surface area contributed by atoms with Crippen LogP contribution in [0.25, 0.3) is 0 Å². The largest absolute Gasteiger partial charge is 0.361 e. The molecule has 1 aromatic carbocycles. The molecule has 0 bridgehead atoms. The van der Waals surface area contributed by atoms with E-state index in [-0.39, 0.29) is 0 Å². The summed E-state index contributed by atoms with van der Waals surface area (Å²) in [5.41, 5.74) is 0. The number of rotatable bonds is 19. The summed E-state index contributed by atoms with van der Waals surface area (Å²) >= 11 is 0. The van der Waals surface area contributed by atoms with E-state index in [1.807, 2.05) is 30.3 Å². The van der Waals surface area contributed by atoms with Gasteiger partial charge in [-0.3, -0.25) is 4.57 Å². The average molecular weight is 411 g/mol. The number of unbranched alkanes of at least 4 members (excludes halogenated alkanes) is 12. The highest BCUT2D eigenvalue weighted by atomic mass is 31.2. The molecule has 0 radical (unpaired) electrons. The van der Waals surface area contributed by atoms with E-state index < -0.39 is 7.60 Å². The predicted molar refractivity (Wildman–Crippen MR) is 122 cm³/mol. The van der Waals surface area contributed by atoms with Crippen molar-refractivity contribution in [2.45, 2.75) is 104 Å². The fourth-order valence-corrected chi connectivity index (χ4v) is 4.93. The van der Waals surface area contributed by atoms with Crippen LogP contribution < -0.4 is 5.30 Å². The molecule has 0 heterocycles. The maximum absolute atomic E-state index is 13.2. The van der Waals surface area contributed by atoms with Crippen LogP contribution in [0.1, 0.15) is 104 Å². The lowest BCUT2D eigenvalue weighted by Gasteiger charge is -2.19. The molecule has 0 aliphatic carbocycles. The second kappa shape index (κ2) is 17.2. The van der Waals surface area contributed by atoms with Crippen molar-refractivity contribution in [2.24, 2.45) is 0 Å². The Bertz CT molecular complexity index is 504. The van der Waals surface area contributed by atoms with Crippen LogP contribution in [-0.2, 0) is 13.6 Å². The van der Waals surface area contributed by atoms with Crippen molar-refractivity contribution in [3.8, 4) is 0 Å². The molecular formula is C24H43O3P. The van der Waals surface area contributed by atoms with Crippen molar-refractivity contribution in [1.29, 1.82) is 0 Å². The first kappa shape index (κ1) is 25.4. The zero-order chi connectivity index (χ0) is 20.3. The van der Waals surface area contributed by atoms with E-state index in [0.29, 0.717) is 18.5 Å². The maximum Gasteiger partial charge on any atom is 0.361 e. The van der Waals surface area contributed by atoms with Gasteiger partial charge in [0.15, 0.2) is 0 Å². The molecule has 0 amide bonds. The molecule has 1 rings (SSSR count). The van der Waals surface area contributed by atoms with Crippen molar-refractivity contribution in [3.05, 3.63) is 30.3 Å². The van der Waals surface area contributed by atoms with Crippen molar-refractivity contribution < 1.29 is 13.6 Å². The topological polar surface area (TPSA) is 35.5 Å². The Labute approximate surface area is 174 Å². The van der Waals surface area contributed by atoms with Gasteiger partial charge in [-0.05, 0) is 25.0 Å². The molecule has 162 valence electrons. The maximum atomic E-state index is 13.2. The van der Waals surface area contributed by atoms with Gasteiger partial charge in [0.1, 0.15) is 0 Å². The van der Waals surface area contributed by atoms with Crippen LogP contribution in [0.5, 0.6) is 0 Å². The zero-order valence-corrected chi connectivity index (χ0v) is 19.3. The minimum Gasteiger partial charge on any atom is -0.305 e. The molecule has 1 unspecified atom stereocenters. The molecule has 0 fully saturated rings. The Morgan fingerprint density at radius 1 is 0.607 bits per heavy atom. The fraction of sp³-hybridized carbons (Fsp3) is 0.750. The molecule has 0 saturated heterocycles. The Hall–Kier alpha value is -0.630. The SMILES string of the molecule is CCCCCCCCCCCCCOP(=O)(OCCCCC)c1ccccc1. The van der Waals surface area contributed by atoms with E-state index in [9.17, 15) is 4.57 Å². The molecule has 0 aliphatic rings. The van der Waals surface area contributed by atoms with Crippen molar-refractivity contribution in [2.75, 3.05) is 13.2 Å². The van der Waals surface area contributed by atoms with Gasteiger partial charge < -0.3 is 9.05 Å². The third-order valence-electron chi connectivity index (χ3n) is 5.09. The molecule has 1 aromatic rings. The van der Waals surface area contributed by atoms with Crippen LogP contribution in [-0.4, -0.2) is 13.2 Å². The average Bonchev–Trinajstić information content (AvgIpc) is 2.73. The van der Waals surface area contributed by atoms with Gasteiger partial charge in [0, 0.05) is 0 Å². The van der Waals surface area contributed by atoms with Gasteiger partial charge in [-0.15, -0.1) is 0 Å². The molecule has 0 spiro atoms. The van der Waals surface area contributed by atoms with E-state index in [1.54, 1.807) is 0 Å². The summed E-state index contributed by atoms with van der Waals surface area (Å²) in [6.07, 6.45) is 17.4. The summed E-state index contributed by atoms with van der Waals surface area (Å²) in [7, 11) is -3.19. The molecule has 3 nitrogen and oxygen atoms in total. The Kier molecular flexibility index (Phi) is 15.6. The monoisotopic (exact) mass is 410 g/mol. The summed E-state index contributed by atoms with van der Waals surface area (Å²) in [4.78, 5) is 0. The van der Waals surface area contributed by atoms with E-state index in [4.69, 9.17) is 9.05 Å². The highest BCUT2D eigenvalue weighted by Crippen LogP contribution is 2.47. The smallest absolute Gasteiger partial charge is 0.305 e. The minimum atomic E-state index is -3.19. The van der Waals surface area contributed by atoms with Crippen molar-refractivity contribution >= 4 is 12.9 Å². The van der Waals surface area contributed by atoms with Crippen molar-refractivity contribution in [3.63, 3.8) is 0 Å². The first-order valence-corrected chi connectivity index (χ1v) is 13.2. The van der Waals surface area contributed by atoms with Crippen LogP contribution in [0.3, 0.4) is 0 Å². The predicted octanol–water partition coefficient (Wildman–Crippen LogP) is 8.04. The standard InChI is InChI=1S/C24H43O3P/c1-3-5-7-8-9-10-11-12-13-14-19-23-27-28(25,26-22-18-6-4-2)24-20-16-15-17-21-24/h15-17,20-21H,3-14,18-19,22-23H2,1-2H3. The fourth-order valence-electron chi connectivity index (χ4n) is 3.28. The van der Waals surface area contributed by atoms with Crippen LogP contribution >= 0.6 is 7.60 Å².